The molecule has 0 amide bonds. The molecule has 0 aliphatic rings. The van der Waals surface area contributed by atoms with E-state index in [4.69, 9.17) is 11.6 Å². The van der Waals surface area contributed by atoms with Crippen molar-refractivity contribution in [2.24, 2.45) is 14.1 Å². The molecule has 0 saturated heterocycles. The fourth-order valence-electron chi connectivity index (χ4n) is 3.23. The van der Waals surface area contributed by atoms with Gasteiger partial charge in [-0.25, -0.2) is 14.2 Å². The molecule has 0 spiro atoms. The fourth-order valence-corrected chi connectivity index (χ4v) is 4.39. The average molecular weight is 445 g/mol. The maximum atomic E-state index is 13.2. The maximum Gasteiger partial charge on any atom is 0.332 e. The Labute approximate surface area is 180 Å². The van der Waals surface area contributed by atoms with Gasteiger partial charge in [-0.05, 0) is 35.4 Å². The van der Waals surface area contributed by atoms with Gasteiger partial charge in [0.15, 0.2) is 16.3 Å². The van der Waals surface area contributed by atoms with Crippen LogP contribution in [0.2, 0.25) is 5.02 Å². The molecule has 154 valence electrons. The first-order valence-electron chi connectivity index (χ1n) is 9.13. The van der Waals surface area contributed by atoms with Crippen LogP contribution in [0.4, 0.5) is 4.39 Å². The molecule has 6 nitrogen and oxygen atoms in total. The third-order valence-corrected chi connectivity index (χ3v) is 6.11. The zero-order valence-electron chi connectivity index (χ0n) is 16.3. The van der Waals surface area contributed by atoms with Crippen molar-refractivity contribution in [3.8, 4) is 0 Å². The molecule has 0 saturated carbocycles. The first-order chi connectivity index (χ1) is 14.3. The van der Waals surface area contributed by atoms with Gasteiger partial charge in [0.2, 0.25) is 0 Å². The van der Waals surface area contributed by atoms with E-state index in [1.165, 1.54) is 35.5 Å². The van der Waals surface area contributed by atoms with Gasteiger partial charge < -0.3 is 4.57 Å². The SMILES string of the molecule is Cn1c(=O)c2c(nc(SCc3ccc(F)cc3)n2Cc2cccc(Cl)c2)n(C)c1=O. The zero-order chi connectivity index (χ0) is 21.4. The van der Waals surface area contributed by atoms with Crippen LogP contribution in [0.5, 0.6) is 0 Å². The van der Waals surface area contributed by atoms with E-state index >= 15 is 0 Å². The van der Waals surface area contributed by atoms with Gasteiger partial charge in [-0.1, -0.05) is 47.6 Å². The number of benzene rings is 2. The number of imidazole rings is 1. The second-order valence-corrected chi connectivity index (χ2v) is 8.28. The standard InChI is InChI=1S/C21H18ClFN4O2S/c1-25-18-17(19(28)26(2)21(25)29)27(11-14-4-3-5-15(22)10-14)20(24-18)30-12-13-6-8-16(23)9-7-13/h3-10H,11-12H2,1-2H3. The molecule has 2 heterocycles. The van der Waals surface area contributed by atoms with Crippen LogP contribution in [0.15, 0.2) is 63.3 Å². The third-order valence-electron chi connectivity index (χ3n) is 4.82. The minimum atomic E-state index is -0.435. The number of halogens is 2. The molecule has 0 aliphatic heterocycles. The number of aromatic nitrogens is 4. The predicted octanol–water partition coefficient (Wildman–Crippen LogP) is 3.57. The van der Waals surface area contributed by atoms with Gasteiger partial charge in [0.05, 0.1) is 6.54 Å². The number of hydrogen-bond acceptors (Lipinski definition) is 4. The number of rotatable bonds is 5. The normalized spacial score (nSPS) is 11.3. The van der Waals surface area contributed by atoms with E-state index in [0.717, 1.165) is 15.7 Å². The highest BCUT2D eigenvalue weighted by Crippen LogP contribution is 2.26. The van der Waals surface area contributed by atoms with Crippen LogP contribution in [0, 0.1) is 5.82 Å². The number of nitrogens with zero attached hydrogens (tertiary/aromatic N) is 4. The summed E-state index contributed by atoms with van der Waals surface area (Å²) in [6, 6.07) is 13.6. The highest BCUT2D eigenvalue weighted by molar-refractivity contribution is 7.98. The second kappa shape index (κ2) is 8.12. The fraction of sp³-hybridized carbons (Fsp3) is 0.190. The predicted molar refractivity (Wildman–Crippen MR) is 117 cm³/mol. The lowest BCUT2D eigenvalue weighted by molar-refractivity contribution is 0.627. The minimum Gasteiger partial charge on any atom is -0.309 e. The Morgan fingerprint density at radius 1 is 1.03 bits per heavy atom. The summed E-state index contributed by atoms with van der Waals surface area (Å²) in [6.45, 7) is 0.371. The topological polar surface area (TPSA) is 61.8 Å². The third kappa shape index (κ3) is 3.80. The van der Waals surface area contributed by atoms with Gasteiger partial charge in [0.1, 0.15) is 5.82 Å². The molecule has 4 rings (SSSR count). The summed E-state index contributed by atoms with van der Waals surface area (Å²) in [6.07, 6.45) is 0. The Morgan fingerprint density at radius 3 is 2.47 bits per heavy atom. The number of hydrogen-bond donors (Lipinski definition) is 0. The molecule has 0 radical (unpaired) electrons. The Balaban J connectivity index is 1.84. The molecular weight excluding hydrogens is 427 g/mol. The van der Waals surface area contributed by atoms with E-state index < -0.39 is 11.2 Å². The van der Waals surface area contributed by atoms with Crippen LogP contribution in [0.1, 0.15) is 11.1 Å². The van der Waals surface area contributed by atoms with Gasteiger partial charge in [-0.3, -0.25) is 13.9 Å². The Hall–Kier alpha value is -2.84. The minimum absolute atomic E-state index is 0.296. The summed E-state index contributed by atoms with van der Waals surface area (Å²) < 4.78 is 17.4. The van der Waals surface area contributed by atoms with Crippen LogP contribution in [-0.4, -0.2) is 18.7 Å². The summed E-state index contributed by atoms with van der Waals surface area (Å²) >= 11 is 7.54. The number of thioether (sulfide) groups is 1. The molecule has 9 heteroatoms. The van der Waals surface area contributed by atoms with E-state index in [2.05, 4.69) is 4.98 Å². The van der Waals surface area contributed by atoms with E-state index in [0.29, 0.717) is 33.6 Å². The van der Waals surface area contributed by atoms with Crippen LogP contribution < -0.4 is 11.2 Å². The molecular formula is C21H18ClFN4O2S. The van der Waals surface area contributed by atoms with Crippen molar-refractivity contribution in [3.63, 3.8) is 0 Å². The maximum absolute atomic E-state index is 13.2. The summed E-state index contributed by atoms with van der Waals surface area (Å²) in [5, 5.41) is 1.19. The highest BCUT2D eigenvalue weighted by Gasteiger charge is 2.19. The van der Waals surface area contributed by atoms with Crippen molar-refractivity contribution < 1.29 is 4.39 Å². The monoisotopic (exact) mass is 444 g/mol. The van der Waals surface area contributed by atoms with Gasteiger partial charge in [0, 0.05) is 24.9 Å². The van der Waals surface area contributed by atoms with Crippen molar-refractivity contribution in [2.75, 3.05) is 0 Å². The highest BCUT2D eigenvalue weighted by atomic mass is 35.5. The molecule has 4 aromatic rings. The van der Waals surface area contributed by atoms with Crippen LogP contribution in [0.25, 0.3) is 11.2 Å². The van der Waals surface area contributed by atoms with Crippen molar-refractivity contribution in [2.45, 2.75) is 17.5 Å². The lowest BCUT2D eigenvalue weighted by Crippen LogP contribution is -2.37. The Bertz CT molecular complexity index is 1360. The largest absolute Gasteiger partial charge is 0.332 e. The molecule has 0 N–H and O–H groups in total. The van der Waals surface area contributed by atoms with Crippen molar-refractivity contribution in [1.29, 1.82) is 0 Å². The lowest BCUT2D eigenvalue weighted by Gasteiger charge is -2.10. The summed E-state index contributed by atoms with van der Waals surface area (Å²) in [5.74, 6) is 0.239. The van der Waals surface area contributed by atoms with E-state index in [9.17, 15) is 14.0 Å². The molecule has 0 aliphatic carbocycles. The first-order valence-corrected chi connectivity index (χ1v) is 10.5. The zero-order valence-corrected chi connectivity index (χ0v) is 17.9. The molecule has 2 aromatic heterocycles. The summed E-state index contributed by atoms with van der Waals surface area (Å²) in [5.41, 5.74) is 1.66. The molecule has 30 heavy (non-hydrogen) atoms. The average Bonchev–Trinajstić information content (AvgIpc) is 3.08. The van der Waals surface area contributed by atoms with Crippen molar-refractivity contribution in [1.82, 2.24) is 18.7 Å². The van der Waals surface area contributed by atoms with Gasteiger partial charge in [-0.15, -0.1) is 0 Å². The van der Waals surface area contributed by atoms with Crippen molar-refractivity contribution in [3.05, 3.63) is 91.3 Å². The molecule has 0 unspecified atom stereocenters. The first kappa shape index (κ1) is 20.4. The Morgan fingerprint density at radius 2 is 1.77 bits per heavy atom. The van der Waals surface area contributed by atoms with Crippen LogP contribution >= 0.6 is 23.4 Å². The number of aryl methyl sites for hydroxylation is 1. The molecule has 0 atom stereocenters. The Kier molecular flexibility index (Phi) is 5.53. The van der Waals surface area contributed by atoms with Gasteiger partial charge >= 0.3 is 5.69 Å². The van der Waals surface area contributed by atoms with Crippen LogP contribution in [-0.2, 0) is 26.4 Å². The van der Waals surface area contributed by atoms with Gasteiger partial charge in [-0.2, -0.15) is 0 Å². The summed E-state index contributed by atoms with van der Waals surface area (Å²) in [7, 11) is 3.04. The lowest BCUT2D eigenvalue weighted by atomic mass is 10.2. The molecule has 0 fully saturated rings. The van der Waals surface area contributed by atoms with Gasteiger partial charge in [0.25, 0.3) is 5.56 Å². The molecule has 2 aromatic carbocycles. The van der Waals surface area contributed by atoms with Crippen molar-refractivity contribution >= 4 is 34.5 Å². The van der Waals surface area contributed by atoms with Crippen LogP contribution in [0.3, 0.4) is 0 Å². The van der Waals surface area contributed by atoms with E-state index in [1.54, 1.807) is 29.8 Å². The van der Waals surface area contributed by atoms with E-state index in [-0.39, 0.29) is 5.82 Å². The smallest absolute Gasteiger partial charge is 0.309 e. The number of fused-ring (bicyclic) bond motifs is 1. The quantitative estimate of drug-likeness (QED) is 0.441. The summed E-state index contributed by atoms with van der Waals surface area (Å²) in [4.78, 5) is 29.9. The van der Waals surface area contributed by atoms with E-state index in [1.807, 2.05) is 18.2 Å². The molecule has 0 bridgehead atoms. The second-order valence-electron chi connectivity index (χ2n) is 6.90.